The summed E-state index contributed by atoms with van der Waals surface area (Å²) in [5.74, 6) is 0. The molecule has 0 aliphatic carbocycles. The molecule has 0 radical (unpaired) electrons. The van der Waals surface area contributed by atoms with Crippen LogP contribution in [-0.2, 0) is 4.74 Å². The van der Waals surface area contributed by atoms with Gasteiger partial charge in [0, 0.05) is 19.8 Å². The summed E-state index contributed by atoms with van der Waals surface area (Å²) < 4.78 is 4.94. The number of ether oxygens (including phenoxy) is 1. The molecule has 0 aliphatic heterocycles. The zero-order chi connectivity index (χ0) is 6.24. The molecule has 0 aromatic heterocycles. The van der Waals surface area contributed by atoms with E-state index in [-0.39, 0.29) is 6.61 Å². The Balaban J connectivity index is 2.53. The molecule has 0 fully saturated rings. The maximum atomic E-state index is 8.25. The lowest BCUT2D eigenvalue weighted by molar-refractivity contribution is 0.122. The van der Waals surface area contributed by atoms with E-state index in [1.54, 1.807) is 0 Å². The van der Waals surface area contributed by atoms with Crippen LogP contribution in [0.15, 0.2) is 0 Å². The maximum Gasteiger partial charge on any atom is 0.0588 e. The minimum absolute atomic E-state index is 0.199. The first kappa shape index (κ1) is 7.88. The van der Waals surface area contributed by atoms with Crippen molar-refractivity contribution in [2.75, 3.05) is 26.4 Å². The van der Waals surface area contributed by atoms with Crippen LogP contribution in [0.2, 0.25) is 0 Å². The van der Waals surface area contributed by atoms with Gasteiger partial charge in [-0.15, -0.1) is 0 Å². The summed E-state index contributed by atoms with van der Waals surface area (Å²) in [6.45, 7) is 1.98. The van der Waals surface area contributed by atoms with Crippen LogP contribution in [0.1, 0.15) is 6.42 Å². The highest BCUT2D eigenvalue weighted by atomic mass is 16.5. The van der Waals surface area contributed by atoms with E-state index in [0.29, 0.717) is 26.2 Å². The second kappa shape index (κ2) is 6.88. The van der Waals surface area contributed by atoms with Crippen LogP contribution < -0.4 is 5.73 Å². The molecule has 0 heterocycles. The Morgan fingerprint density at radius 1 is 1.38 bits per heavy atom. The first-order valence-electron chi connectivity index (χ1n) is 2.80. The van der Waals surface area contributed by atoms with Crippen LogP contribution in [0.5, 0.6) is 0 Å². The van der Waals surface area contributed by atoms with Gasteiger partial charge >= 0.3 is 0 Å². The Morgan fingerprint density at radius 3 is 2.62 bits per heavy atom. The van der Waals surface area contributed by atoms with Crippen LogP contribution in [0.25, 0.3) is 0 Å². The van der Waals surface area contributed by atoms with Crippen LogP contribution in [0, 0.1) is 0 Å². The number of aliphatic hydroxyl groups is 1. The SMILES string of the molecule is NCCOCCCO. The van der Waals surface area contributed by atoms with Gasteiger partial charge in [-0.3, -0.25) is 0 Å². The monoisotopic (exact) mass is 119 g/mol. The Labute approximate surface area is 49.4 Å². The van der Waals surface area contributed by atoms with Crippen molar-refractivity contribution in [3.63, 3.8) is 0 Å². The molecule has 0 bridgehead atoms. The van der Waals surface area contributed by atoms with E-state index in [1.807, 2.05) is 0 Å². The molecule has 0 atom stereocenters. The Bertz CT molecular complexity index is 35.4. The molecular formula is C5H13NO2. The summed E-state index contributed by atoms with van der Waals surface area (Å²) >= 11 is 0. The molecule has 0 aromatic rings. The van der Waals surface area contributed by atoms with Crippen molar-refractivity contribution in [2.24, 2.45) is 5.73 Å². The van der Waals surface area contributed by atoms with Crippen molar-refractivity contribution in [1.82, 2.24) is 0 Å². The predicted octanol–water partition coefficient (Wildman–Crippen LogP) is -0.656. The van der Waals surface area contributed by atoms with Gasteiger partial charge in [-0.25, -0.2) is 0 Å². The number of aliphatic hydroxyl groups excluding tert-OH is 1. The summed E-state index contributed by atoms with van der Waals surface area (Å²) in [4.78, 5) is 0. The summed E-state index contributed by atoms with van der Waals surface area (Å²) in [5, 5.41) is 8.25. The predicted molar refractivity (Wildman–Crippen MR) is 31.6 cm³/mol. The summed E-state index contributed by atoms with van der Waals surface area (Å²) in [6, 6.07) is 0. The molecule has 0 saturated carbocycles. The number of hydrogen-bond donors (Lipinski definition) is 2. The Hall–Kier alpha value is -0.120. The van der Waals surface area contributed by atoms with Crippen molar-refractivity contribution < 1.29 is 9.84 Å². The lowest BCUT2D eigenvalue weighted by Crippen LogP contribution is -2.09. The Morgan fingerprint density at radius 2 is 2.12 bits per heavy atom. The van der Waals surface area contributed by atoms with E-state index in [0.717, 1.165) is 0 Å². The highest BCUT2D eigenvalue weighted by molar-refractivity contribution is 4.32. The molecule has 3 heteroatoms. The molecule has 0 aliphatic rings. The minimum Gasteiger partial charge on any atom is -0.396 e. The van der Waals surface area contributed by atoms with Gasteiger partial charge in [0.2, 0.25) is 0 Å². The summed E-state index contributed by atoms with van der Waals surface area (Å²) in [6.07, 6.45) is 0.708. The van der Waals surface area contributed by atoms with E-state index in [9.17, 15) is 0 Å². The second-order valence-electron chi connectivity index (χ2n) is 1.48. The van der Waals surface area contributed by atoms with E-state index in [4.69, 9.17) is 15.6 Å². The van der Waals surface area contributed by atoms with E-state index < -0.39 is 0 Å². The first-order valence-corrected chi connectivity index (χ1v) is 2.80. The zero-order valence-corrected chi connectivity index (χ0v) is 4.97. The third-order valence-electron chi connectivity index (χ3n) is 0.709. The van der Waals surface area contributed by atoms with Crippen LogP contribution >= 0.6 is 0 Å². The van der Waals surface area contributed by atoms with Crippen LogP contribution in [0.4, 0.5) is 0 Å². The van der Waals surface area contributed by atoms with Gasteiger partial charge in [-0.1, -0.05) is 0 Å². The zero-order valence-electron chi connectivity index (χ0n) is 4.97. The number of hydrogen-bond acceptors (Lipinski definition) is 3. The normalized spacial score (nSPS) is 9.75. The quantitative estimate of drug-likeness (QED) is 0.472. The fourth-order valence-electron chi connectivity index (χ4n) is 0.352. The first-order chi connectivity index (χ1) is 3.91. The molecule has 0 unspecified atom stereocenters. The fraction of sp³-hybridized carbons (Fsp3) is 1.00. The number of nitrogens with two attached hydrogens (primary N) is 1. The van der Waals surface area contributed by atoms with Gasteiger partial charge in [-0.2, -0.15) is 0 Å². The molecular weight excluding hydrogens is 106 g/mol. The van der Waals surface area contributed by atoms with Gasteiger partial charge in [0.25, 0.3) is 0 Å². The molecule has 0 aromatic carbocycles. The molecule has 0 saturated heterocycles. The molecule has 0 rings (SSSR count). The van der Waals surface area contributed by atoms with Crippen molar-refractivity contribution in [2.45, 2.75) is 6.42 Å². The molecule has 50 valence electrons. The minimum atomic E-state index is 0.199. The largest absolute Gasteiger partial charge is 0.396 e. The van der Waals surface area contributed by atoms with Crippen molar-refractivity contribution in [1.29, 1.82) is 0 Å². The van der Waals surface area contributed by atoms with Gasteiger partial charge < -0.3 is 15.6 Å². The molecule has 3 nitrogen and oxygen atoms in total. The second-order valence-corrected chi connectivity index (χ2v) is 1.48. The average molecular weight is 119 g/mol. The van der Waals surface area contributed by atoms with Crippen molar-refractivity contribution in [3.05, 3.63) is 0 Å². The summed E-state index contributed by atoms with van der Waals surface area (Å²) in [7, 11) is 0. The number of rotatable bonds is 5. The molecule has 0 amide bonds. The van der Waals surface area contributed by atoms with Crippen LogP contribution in [-0.4, -0.2) is 31.5 Å². The maximum absolute atomic E-state index is 8.25. The van der Waals surface area contributed by atoms with E-state index in [2.05, 4.69) is 0 Å². The highest BCUT2D eigenvalue weighted by Gasteiger charge is 1.82. The Kier molecular flexibility index (Phi) is 6.78. The summed E-state index contributed by atoms with van der Waals surface area (Å²) in [5.41, 5.74) is 5.12. The van der Waals surface area contributed by atoms with Crippen LogP contribution in [0.3, 0.4) is 0 Å². The molecule has 0 spiro atoms. The van der Waals surface area contributed by atoms with E-state index >= 15 is 0 Å². The molecule has 3 N–H and O–H groups in total. The van der Waals surface area contributed by atoms with Crippen molar-refractivity contribution >= 4 is 0 Å². The van der Waals surface area contributed by atoms with Gasteiger partial charge in [0.05, 0.1) is 6.61 Å². The lowest BCUT2D eigenvalue weighted by atomic mass is 10.5. The van der Waals surface area contributed by atoms with Gasteiger partial charge in [0.15, 0.2) is 0 Å². The topological polar surface area (TPSA) is 55.5 Å². The fourth-order valence-corrected chi connectivity index (χ4v) is 0.352. The van der Waals surface area contributed by atoms with E-state index in [1.165, 1.54) is 0 Å². The lowest BCUT2D eigenvalue weighted by Gasteiger charge is -1.97. The van der Waals surface area contributed by atoms with Crippen molar-refractivity contribution in [3.8, 4) is 0 Å². The van der Waals surface area contributed by atoms with Gasteiger partial charge in [-0.05, 0) is 6.42 Å². The van der Waals surface area contributed by atoms with Gasteiger partial charge in [0.1, 0.15) is 0 Å². The highest BCUT2D eigenvalue weighted by Crippen LogP contribution is 1.77. The third-order valence-corrected chi connectivity index (χ3v) is 0.709. The third kappa shape index (κ3) is 5.88. The average Bonchev–Trinajstić information content (AvgIpc) is 1.81. The molecule has 8 heavy (non-hydrogen) atoms. The standard InChI is InChI=1S/C5H13NO2/c6-2-5-8-4-1-3-7/h7H,1-6H2. The smallest absolute Gasteiger partial charge is 0.0588 e.